The predicted molar refractivity (Wildman–Crippen MR) is 85.8 cm³/mol. The summed E-state index contributed by atoms with van der Waals surface area (Å²) in [5.74, 6) is 1.61. The highest BCUT2D eigenvalue weighted by atomic mass is 16.5. The van der Waals surface area contributed by atoms with Crippen LogP contribution < -0.4 is 4.74 Å². The zero-order valence-electron chi connectivity index (χ0n) is 12.5. The van der Waals surface area contributed by atoms with Crippen LogP contribution in [0, 0.1) is 0 Å². The molecule has 0 amide bonds. The van der Waals surface area contributed by atoms with Crippen LogP contribution in [0.2, 0.25) is 0 Å². The molecule has 0 aromatic heterocycles. The molecule has 0 spiro atoms. The molecule has 110 valence electrons. The predicted octanol–water partition coefficient (Wildman–Crippen LogP) is 4.65. The van der Waals surface area contributed by atoms with Gasteiger partial charge in [-0.3, -0.25) is 0 Å². The van der Waals surface area contributed by atoms with E-state index in [-0.39, 0.29) is 0 Å². The molecule has 0 atom stereocenters. The lowest BCUT2D eigenvalue weighted by Gasteiger charge is -2.22. The maximum atomic E-state index is 5.72. The van der Waals surface area contributed by atoms with Gasteiger partial charge in [-0.05, 0) is 42.9 Å². The minimum atomic E-state index is 0.648. The fourth-order valence-electron chi connectivity index (χ4n) is 2.95. The Morgan fingerprint density at radius 3 is 2.43 bits per heavy atom. The summed E-state index contributed by atoms with van der Waals surface area (Å²) in [4.78, 5) is 0. The van der Waals surface area contributed by atoms with Crippen molar-refractivity contribution in [2.45, 2.75) is 25.7 Å². The number of ether oxygens (including phenoxy) is 2. The van der Waals surface area contributed by atoms with Crippen LogP contribution in [0.5, 0.6) is 5.75 Å². The zero-order chi connectivity index (χ0) is 14.5. The van der Waals surface area contributed by atoms with Crippen LogP contribution >= 0.6 is 0 Å². The number of benzene rings is 2. The van der Waals surface area contributed by atoms with Gasteiger partial charge < -0.3 is 9.47 Å². The van der Waals surface area contributed by atoms with Crippen LogP contribution in [-0.2, 0) is 4.74 Å². The number of rotatable bonds is 4. The highest BCUT2D eigenvalue weighted by Crippen LogP contribution is 2.32. The van der Waals surface area contributed by atoms with Gasteiger partial charge in [-0.25, -0.2) is 0 Å². The molecule has 3 rings (SSSR count). The smallest absolute Gasteiger partial charge is 0.127 e. The summed E-state index contributed by atoms with van der Waals surface area (Å²) in [7, 11) is 0. The molecular formula is C19H22O2. The van der Waals surface area contributed by atoms with Gasteiger partial charge in [-0.15, -0.1) is 0 Å². The second-order valence-corrected chi connectivity index (χ2v) is 5.44. The van der Waals surface area contributed by atoms with E-state index in [4.69, 9.17) is 9.47 Å². The second kappa shape index (κ2) is 6.77. The van der Waals surface area contributed by atoms with Crippen molar-refractivity contribution in [1.82, 2.24) is 0 Å². The minimum absolute atomic E-state index is 0.648. The highest BCUT2D eigenvalue weighted by Gasteiger charge is 2.16. The van der Waals surface area contributed by atoms with Crippen LogP contribution in [0.25, 0.3) is 11.1 Å². The van der Waals surface area contributed by atoms with Gasteiger partial charge in [-0.2, -0.15) is 0 Å². The van der Waals surface area contributed by atoms with E-state index in [0.29, 0.717) is 12.5 Å². The average Bonchev–Trinajstić information content (AvgIpc) is 2.57. The van der Waals surface area contributed by atoms with Crippen molar-refractivity contribution < 1.29 is 9.47 Å². The lowest BCUT2D eigenvalue weighted by Crippen LogP contribution is -2.13. The molecule has 0 saturated carbocycles. The molecule has 2 heteroatoms. The minimum Gasteiger partial charge on any atom is -0.493 e. The molecule has 1 heterocycles. The largest absolute Gasteiger partial charge is 0.493 e. The Hall–Kier alpha value is -1.80. The Balaban J connectivity index is 1.83. The third kappa shape index (κ3) is 3.27. The molecule has 0 N–H and O–H groups in total. The SMILES string of the molecule is CCOc1ccccc1-c1ccc(C2CCOCC2)cc1. The van der Waals surface area contributed by atoms with E-state index in [9.17, 15) is 0 Å². The van der Waals surface area contributed by atoms with E-state index in [2.05, 4.69) is 36.4 Å². The molecule has 0 radical (unpaired) electrons. The fourth-order valence-corrected chi connectivity index (χ4v) is 2.95. The third-order valence-corrected chi connectivity index (χ3v) is 4.10. The first kappa shape index (κ1) is 14.2. The van der Waals surface area contributed by atoms with Crippen LogP contribution in [0.4, 0.5) is 0 Å². The summed E-state index contributed by atoms with van der Waals surface area (Å²) in [5, 5.41) is 0. The Morgan fingerprint density at radius 2 is 1.71 bits per heavy atom. The average molecular weight is 282 g/mol. The Kier molecular flexibility index (Phi) is 4.56. The first-order valence-electron chi connectivity index (χ1n) is 7.78. The molecule has 0 bridgehead atoms. The van der Waals surface area contributed by atoms with Gasteiger partial charge >= 0.3 is 0 Å². The van der Waals surface area contributed by atoms with E-state index < -0.39 is 0 Å². The second-order valence-electron chi connectivity index (χ2n) is 5.44. The zero-order valence-corrected chi connectivity index (χ0v) is 12.5. The van der Waals surface area contributed by atoms with Gasteiger partial charge in [0.05, 0.1) is 6.61 Å². The first-order valence-corrected chi connectivity index (χ1v) is 7.78. The van der Waals surface area contributed by atoms with Crippen molar-refractivity contribution in [1.29, 1.82) is 0 Å². The number of para-hydroxylation sites is 1. The van der Waals surface area contributed by atoms with Gasteiger partial charge in [0.15, 0.2) is 0 Å². The van der Waals surface area contributed by atoms with Crippen LogP contribution in [0.3, 0.4) is 0 Å². The van der Waals surface area contributed by atoms with E-state index in [0.717, 1.165) is 37.4 Å². The van der Waals surface area contributed by atoms with Crippen molar-refractivity contribution in [3.05, 3.63) is 54.1 Å². The summed E-state index contributed by atoms with van der Waals surface area (Å²) >= 11 is 0. The topological polar surface area (TPSA) is 18.5 Å². The Morgan fingerprint density at radius 1 is 1.00 bits per heavy atom. The summed E-state index contributed by atoms with van der Waals surface area (Å²) in [6, 6.07) is 17.2. The summed E-state index contributed by atoms with van der Waals surface area (Å²) < 4.78 is 11.2. The number of hydrogen-bond donors (Lipinski definition) is 0. The molecule has 1 saturated heterocycles. The summed E-state index contributed by atoms with van der Waals surface area (Å²) in [6.07, 6.45) is 2.27. The van der Waals surface area contributed by atoms with Crippen molar-refractivity contribution in [3.8, 4) is 16.9 Å². The van der Waals surface area contributed by atoms with Crippen LogP contribution in [0.1, 0.15) is 31.2 Å². The maximum Gasteiger partial charge on any atom is 0.127 e. The maximum absolute atomic E-state index is 5.72. The Labute approximate surface area is 126 Å². The van der Waals surface area contributed by atoms with Gasteiger partial charge in [0.1, 0.15) is 5.75 Å². The van der Waals surface area contributed by atoms with E-state index in [1.54, 1.807) is 0 Å². The van der Waals surface area contributed by atoms with Crippen LogP contribution in [0.15, 0.2) is 48.5 Å². The first-order chi connectivity index (χ1) is 10.4. The van der Waals surface area contributed by atoms with Crippen LogP contribution in [-0.4, -0.2) is 19.8 Å². The number of hydrogen-bond acceptors (Lipinski definition) is 2. The van der Waals surface area contributed by atoms with Gasteiger partial charge in [0, 0.05) is 18.8 Å². The van der Waals surface area contributed by atoms with Crippen molar-refractivity contribution in [2.75, 3.05) is 19.8 Å². The van der Waals surface area contributed by atoms with Gasteiger partial charge in [0.25, 0.3) is 0 Å². The summed E-state index contributed by atoms with van der Waals surface area (Å²) in [5.41, 5.74) is 3.81. The lowest BCUT2D eigenvalue weighted by molar-refractivity contribution is 0.0853. The molecule has 1 aliphatic heterocycles. The Bertz CT molecular complexity index is 568. The third-order valence-electron chi connectivity index (χ3n) is 4.10. The van der Waals surface area contributed by atoms with Gasteiger partial charge in [-0.1, -0.05) is 42.5 Å². The summed E-state index contributed by atoms with van der Waals surface area (Å²) in [6.45, 7) is 4.49. The molecule has 2 aromatic carbocycles. The molecule has 21 heavy (non-hydrogen) atoms. The monoisotopic (exact) mass is 282 g/mol. The van der Waals surface area contributed by atoms with E-state index in [1.807, 2.05) is 19.1 Å². The lowest BCUT2D eigenvalue weighted by atomic mass is 9.90. The van der Waals surface area contributed by atoms with E-state index >= 15 is 0 Å². The molecule has 2 aromatic rings. The van der Waals surface area contributed by atoms with Crippen molar-refractivity contribution in [2.24, 2.45) is 0 Å². The molecule has 1 fully saturated rings. The fraction of sp³-hybridized carbons (Fsp3) is 0.368. The molecule has 1 aliphatic rings. The molecule has 2 nitrogen and oxygen atoms in total. The molecule has 0 unspecified atom stereocenters. The van der Waals surface area contributed by atoms with Gasteiger partial charge in [0.2, 0.25) is 0 Å². The standard InChI is InChI=1S/C19H22O2/c1-2-21-19-6-4-3-5-18(19)17-9-7-15(8-10-17)16-11-13-20-14-12-16/h3-10,16H,2,11-14H2,1H3. The highest BCUT2D eigenvalue weighted by molar-refractivity contribution is 5.70. The normalized spacial score (nSPS) is 15.9. The molecule has 0 aliphatic carbocycles. The van der Waals surface area contributed by atoms with E-state index in [1.165, 1.54) is 11.1 Å². The quantitative estimate of drug-likeness (QED) is 0.813. The molecular weight excluding hydrogens is 260 g/mol. The van der Waals surface area contributed by atoms with Crippen molar-refractivity contribution in [3.63, 3.8) is 0 Å². The van der Waals surface area contributed by atoms with Crippen molar-refractivity contribution >= 4 is 0 Å².